The molecule has 0 radical (unpaired) electrons. The summed E-state index contributed by atoms with van der Waals surface area (Å²) >= 11 is 0. The highest BCUT2D eigenvalue weighted by Gasteiger charge is 2.18. The van der Waals surface area contributed by atoms with Crippen molar-refractivity contribution in [2.45, 2.75) is 13.8 Å². The topological polar surface area (TPSA) is 95.5 Å². The van der Waals surface area contributed by atoms with E-state index in [9.17, 15) is 14.9 Å². The van der Waals surface area contributed by atoms with E-state index in [1.54, 1.807) is 13.8 Å². The molecule has 0 atom stereocenters. The maximum atomic E-state index is 11.5. The third-order valence-corrected chi connectivity index (χ3v) is 2.14. The van der Waals surface area contributed by atoms with Gasteiger partial charge >= 0.3 is 5.97 Å². The second-order valence-electron chi connectivity index (χ2n) is 3.19. The number of non-ortho nitro benzene ring substituents is 1. The van der Waals surface area contributed by atoms with Crippen LogP contribution in [0.25, 0.3) is 0 Å². The fraction of sp³-hybridized carbons (Fsp3) is 0.300. The van der Waals surface area contributed by atoms with Crippen LogP contribution in [0.15, 0.2) is 12.1 Å². The maximum absolute atomic E-state index is 11.5. The number of ether oxygens (including phenoxy) is 1. The Morgan fingerprint density at radius 3 is 2.69 bits per heavy atom. The average Bonchev–Trinajstić information content (AvgIpc) is 2.21. The molecule has 1 aromatic rings. The van der Waals surface area contributed by atoms with E-state index in [0.717, 1.165) is 0 Å². The Morgan fingerprint density at radius 2 is 2.19 bits per heavy atom. The zero-order valence-corrected chi connectivity index (χ0v) is 9.02. The molecule has 0 aliphatic heterocycles. The maximum Gasteiger partial charge on any atom is 0.338 e. The molecule has 0 fully saturated rings. The number of esters is 1. The van der Waals surface area contributed by atoms with Crippen LogP contribution in [0.5, 0.6) is 0 Å². The molecule has 0 unspecified atom stereocenters. The molecule has 0 bridgehead atoms. The van der Waals surface area contributed by atoms with Gasteiger partial charge in [-0.15, -0.1) is 0 Å². The van der Waals surface area contributed by atoms with Crippen LogP contribution in [0.4, 0.5) is 11.4 Å². The van der Waals surface area contributed by atoms with Gasteiger partial charge in [-0.05, 0) is 19.4 Å². The second kappa shape index (κ2) is 4.61. The van der Waals surface area contributed by atoms with Gasteiger partial charge in [0.1, 0.15) is 0 Å². The summed E-state index contributed by atoms with van der Waals surface area (Å²) in [4.78, 5) is 21.5. The fourth-order valence-corrected chi connectivity index (χ4v) is 1.25. The molecular weight excluding hydrogens is 212 g/mol. The first-order valence-corrected chi connectivity index (χ1v) is 4.69. The van der Waals surface area contributed by atoms with Crippen molar-refractivity contribution in [2.24, 2.45) is 0 Å². The van der Waals surface area contributed by atoms with Gasteiger partial charge in [0, 0.05) is 17.8 Å². The molecule has 2 N–H and O–H groups in total. The third kappa shape index (κ3) is 2.28. The van der Waals surface area contributed by atoms with E-state index >= 15 is 0 Å². The summed E-state index contributed by atoms with van der Waals surface area (Å²) in [6, 6.07) is 2.39. The number of carbonyl (C=O) groups excluding carboxylic acids is 1. The van der Waals surface area contributed by atoms with Gasteiger partial charge in [-0.1, -0.05) is 0 Å². The summed E-state index contributed by atoms with van der Waals surface area (Å²) < 4.78 is 4.78. The molecule has 6 nitrogen and oxygen atoms in total. The van der Waals surface area contributed by atoms with Crippen LogP contribution in [-0.4, -0.2) is 17.5 Å². The van der Waals surface area contributed by atoms with Crippen LogP contribution >= 0.6 is 0 Å². The molecule has 86 valence electrons. The number of carbonyl (C=O) groups is 1. The lowest BCUT2D eigenvalue weighted by Crippen LogP contribution is -2.09. The van der Waals surface area contributed by atoms with Crippen molar-refractivity contribution in [3.05, 3.63) is 33.4 Å². The lowest BCUT2D eigenvalue weighted by molar-refractivity contribution is -0.384. The number of rotatable bonds is 3. The van der Waals surface area contributed by atoms with Crippen molar-refractivity contribution in [3.63, 3.8) is 0 Å². The van der Waals surface area contributed by atoms with Crippen LogP contribution in [-0.2, 0) is 4.74 Å². The van der Waals surface area contributed by atoms with E-state index in [0.29, 0.717) is 5.56 Å². The Bertz CT molecular complexity index is 443. The highest BCUT2D eigenvalue weighted by molar-refractivity contribution is 5.93. The van der Waals surface area contributed by atoms with Gasteiger partial charge in [0.2, 0.25) is 0 Å². The van der Waals surface area contributed by atoms with Crippen molar-refractivity contribution in [3.8, 4) is 0 Å². The quantitative estimate of drug-likeness (QED) is 0.364. The van der Waals surface area contributed by atoms with Crippen LogP contribution in [0.1, 0.15) is 22.8 Å². The van der Waals surface area contributed by atoms with Gasteiger partial charge in [-0.3, -0.25) is 10.1 Å². The molecular formula is C10H12N2O4. The lowest BCUT2D eigenvalue weighted by atomic mass is 10.1. The predicted molar refractivity (Wildman–Crippen MR) is 58.2 cm³/mol. The number of hydrogen-bond donors (Lipinski definition) is 1. The van der Waals surface area contributed by atoms with Gasteiger partial charge in [0.05, 0.1) is 17.1 Å². The largest absolute Gasteiger partial charge is 0.462 e. The molecule has 0 heterocycles. The van der Waals surface area contributed by atoms with Gasteiger partial charge < -0.3 is 10.5 Å². The van der Waals surface area contributed by atoms with Crippen LogP contribution in [0.3, 0.4) is 0 Å². The number of anilines is 1. The molecule has 0 aliphatic carbocycles. The summed E-state index contributed by atoms with van der Waals surface area (Å²) in [6.07, 6.45) is 0. The number of nitro groups is 1. The van der Waals surface area contributed by atoms with E-state index in [-0.39, 0.29) is 23.5 Å². The van der Waals surface area contributed by atoms with Gasteiger partial charge in [-0.25, -0.2) is 4.79 Å². The predicted octanol–water partition coefficient (Wildman–Crippen LogP) is 1.66. The Hall–Kier alpha value is -2.11. The molecule has 0 aromatic heterocycles. The highest BCUT2D eigenvalue weighted by Crippen LogP contribution is 2.24. The molecule has 0 saturated heterocycles. The number of hydrogen-bond acceptors (Lipinski definition) is 5. The summed E-state index contributed by atoms with van der Waals surface area (Å²) in [6.45, 7) is 3.49. The molecule has 16 heavy (non-hydrogen) atoms. The summed E-state index contributed by atoms with van der Waals surface area (Å²) in [5, 5.41) is 10.6. The minimum Gasteiger partial charge on any atom is -0.462 e. The second-order valence-corrected chi connectivity index (χ2v) is 3.19. The van der Waals surface area contributed by atoms with Gasteiger partial charge in [-0.2, -0.15) is 0 Å². The summed E-state index contributed by atoms with van der Waals surface area (Å²) in [7, 11) is 0. The molecule has 0 spiro atoms. The zero-order valence-electron chi connectivity index (χ0n) is 9.02. The Kier molecular flexibility index (Phi) is 3.44. The van der Waals surface area contributed by atoms with E-state index in [4.69, 9.17) is 10.5 Å². The standard InChI is InChI=1S/C10H12N2O4/c1-3-16-10(13)8-4-7(12(14)15)5-9(11)6(8)2/h4-5H,3,11H2,1-2H3. The lowest BCUT2D eigenvalue weighted by Gasteiger charge is -2.07. The minimum atomic E-state index is -0.601. The molecule has 6 heteroatoms. The molecule has 1 aromatic carbocycles. The number of nitrogen functional groups attached to an aromatic ring is 1. The zero-order chi connectivity index (χ0) is 12.3. The van der Waals surface area contributed by atoms with E-state index < -0.39 is 10.9 Å². The fourth-order valence-electron chi connectivity index (χ4n) is 1.25. The number of nitrogens with two attached hydrogens (primary N) is 1. The number of benzene rings is 1. The van der Waals surface area contributed by atoms with Crippen LogP contribution < -0.4 is 5.73 Å². The Balaban J connectivity index is 3.26. The molecule has 0 amide bonds. The monoisotopic (exact) mass is 224 g/mol. The number of nitro benzene ring substituents is 1. The normalized spacial score (nSPS) is 9.88. The van der Waals surface area contributed by atoms with E-state index in [1.165, 1.54) is 12.1 Å². The third-order valence-electron chi connectivity index (χ3n) is 2.14. The first kappa shape index (κ1) is 12.0. The van der Waals surface area contributed by atoms with E-state index in [2.05, 4.69) is 0 Å². The smallest absolute Gasteiger partial charge is 0.338 e. The molecule has 0 aliphatic rings. The van der Waals surface area contributed by atoms with Crippen molar-refractivity contribution >= 4 is 17.3 Å². The minimum absolute atomic E-state index is 0.133. The molecule has 0 saturated carbocycles. The van der Waals surface area contributed by atoms with Crippen molar-refractivity contribution in [1.82, 2.24) is 0 Å². The Labute approximate surface area is 92.2 Å². The highest BCUT2D eigenvalue weighted by atomic mass is 16.6. The van der Waals surface area contributed by atoms with Crippen molar-refractivity contribution in [1.29, 1.82) is 0 Å². The average molecular weight is 224 g/mol. The first-order valence-electron chi connectivity index (χ1n) is 4.69. The van der Waals surface area contributed by atoms with Gasteiger partial charge in [0.15, 0.2) is 0 Å². The summed E-state index contributed by atoms with van der Waals surface area (Å²) in [5.74, 6) is -0.601. The van der Waals surface area contributed by atoms with E-state index in [1.807, 2.05) is 0 Å². The molecule has 1 rings (SSSR count). The summed E-state index contributed by atoms with van der Waals surface area (Å²) in [5.41, 5.74) is 6.19. The first-order chi connectivity index (χ1) is 7.47. The van der Waals surface area contributed by atoms with Crippen molar-refractivity contribution in [2.75, 3.05) is 12.3 Å². The number of nitrogens with zero attached hydrogens (tertiary/aromatic N) is 1. The Morgan fingerprint density at radius 1 is 1.56 bits per heavy atom. The van der Waals surface area contributed by atoms with Crippen molar-refractivity contribution < 1.29 is 14.5 Å². The SMILES string of the molecule is CCOC(=O)c1cc([N+](=O)[O-])cc(N)c1C. The van der Waals surface area contributed by atoms with Crippen LogP contribution in [0.2, 0.25) is 0 Å². The van der Waals surface area contributed by atoms with Crippen LogP contribution in [0, 0.1) is 17.0 Å². The van der Waals surface area contributed by atoms with Gasteiger partial charge in [0.25, 0.3) is 5.69 Å².